The molecule has 0 spiro atoms. The van der Waals surface area contributed by atoms with Gasteiger partial charge in [-0.15, -0.1) is 0 Å². The number of aryl methyl sites for hydroxylation is 1. The van der Waals surface area contributed by atoms with Gasteiger partial charge >= 0.3 is 0 Å². The molecule has 1 aromatic carbocycles. The van der Waals surface area contributed by atoms with Crippen LogP contribution < -0.4 is 0 Å². The van der Waals surface area contributed by atoms with Gasteiger partial charge in [-0.3, -0.25) is 0 Å². The molecule has 0 aliphatic carbocycles. The van der Waals surface area contributed by atoms with E-state index in [0.717, 1.165) is 12.0 Å². The van der Waals surface area contributed by atoms with Gasteiger partial charge in [0.2, 0.25) is 0 Å². The fourth-order valence-corrected chi connectivity index (χ4v) is 1.43. The van der Waals surface area contributed by atoms with Crippen molar-refractivity contribution in [2.45, 2.75) is 26.2 Å². The minimum absolute atomic E-state index is 1.00. The molecule has 0 nitrogen and oxygen atoms in total. The maximum Gasteiger partial charge on any atom is -0.0187 e. The van der Waals surface area contributed by atoms with Gasteiger partial charge in [-0.1, -0.05) is 56.8 Å². The number of rotatable bonds is 5. The van der Waals surface area contributed by atoms with Crippen LogP contribution in [0.1, 0.15) is 30.9 Å². The molecule has 0 radical (unpaired) electrons. The van der Waals surface area contributed by atoms with Gasteiger partial charge < -0.3 is 0 Å². The van der Waals surface area contributed by atoms with Gasteiger partial charge in [0.15, 0.2) is 0 Å². The van der Waals surface area contributed by atoms with Crippen LogP contribution in [0.5, 0.6) is 0 Å². The van der Waals surface area contributed by atoms with E-state index in [1.54, 1.807) is 6.08 Å². The Morgan fingerprint density at radius 1 is 1.43 bits per heavy atom. The summed E-state index contributed by atoms with van der Waals surface area (Å²) < 4.78 is 0. The second kappa shape index (κ2) is 5.43. The number of allylic oxidation sites excluding steroid dienone is 2. The molecule has 0 atom stereocenters. The number of benzene rings is 1. The Labute approximate surface area is 87.0 Å². The molecule has 1 aromatic rings. The molecule has 0 heterocycles. The summed E-state index contributed by atoms with van der Waals surface area (Å²) in [6, 6.07) is 8.56. The first kappa shape index (κ1) is 10.8. The van der Waals surface area contributed by atoms with Gasteiger partial charge in [-0.2, -0.15) is 0 Å². The Kier molecular flexibility index (Phi) is 4.18. The van der Waals surface area contributed by atoms with E-state index in [1.807, 2.05) is 0 Å². The van der Waals surface area contributed by atoms with Crippen molar-refractivity contribution in [2.24, 2.45) is 0 Å². The predicted octanol–water partition coefficient (Wildman–Crippen LogP) is 4.23. The topological polar surface area (TPSA) is 0 Å². The van der Waals surface area contributed by atoms with Crippen LogP contribution in [0.15, 0.2) is 43.5 Å². The zero-order valence-corrected chi connectivity index (χ0v) is 8.92. The van der Waals surface area contributed by atoms with E-state index < -0.39 is 0 Å². The van der Waals surface area contributed by atoms with Gasteiger partial charge in [-0.25, -0.2) is 0 Å². The molecule has 0 heteroatoms. The Balaban J connectivity index is 2.78. The van der Waals surface area contributed by atoms with Gasteiger partial charge in [0.1, 0.15) is 0 Å². The fourth-order valence-electron chi connectivity index (χ4n) is 1.43. The highest BCUT2D eigenvalue weighted by atomic mass is 14.0. The molecule has 74 valence electrons. The first-order valence-corrected chi connectivity index (χ1v) is 5.18. The number of hydrogen-bond acceptors (Lipinski definition) is 0. The van der Waals surface area contributed by atoms with Crippen LogP contribution in [0.3, 0.4) is 0 Å². The summed E-state index contributed by atoms with van der Waals surface area (Å²) in [5.74, 6) is 0. The summed E-state index contributed by atoms with van der Waals surface area (Å²) in [5.41, 5.74) is 3.59. The lowest BCUT2D eigenvalue weighted by Gasteiger charge is -2.04. The van der Waals surface area contributed by atoms with E-state index in [1.165, 1.54) is 24.0 Å². The Hall–Kier alpha value is -1.30. The van der Waals surface area contributed by atoms with E-state index in [0.29, 0.717) is 0 Å². The average Bonchev–Trinajstić information content (AvgIpc) is 2.25. The van der Waals surface area contributed by atoms with Gasteiger partial charge in [0.25, 0.3) is 0 Å². The van der Waals surface area contributed by atoms with Crippen LogP contribution in [0.4, 0.5) is 0 Å². The highest BCUT2D eigenvalue weighted by Crippen LogP contribution is 2.16. The maximum absolute atomic E-state index is 3.95. The molecule has 0 amide bonds. The third-order valence-electron chi connectivity index (χ3n) is 2.36. The molecule has 0 bridgehead atoms. The summed E-state index contributed by atoms with van der Waals surface area (Å²) in [6.07, 6.45) is 5.46. The standard InChI is InChI=1S/C14H18/c1-4-6-8-13-9-7-10-14(11-13)12(3)5-2/h5,7,9-11H,2-4,6,8H2,1H3. The van der Waals surface area contributed by atoms with Crippen molar-refractivity contribution in [2.75, 3.05) is 0 Å². The molecular formula is C14H18. The summed E-state index contributed by atoms with van der Waals surface area (Å²) >= 11 is 0. The zero-order chi connectivity index (χ0) is 10.4. The largest absolute Gasteiger partial charge is 0.0985 e. The third kappa shape index (κ3) is 2.88. The SMILES string of the molecule is C=CC(=C)c1cccc(CCCC)c1. The van der Waals surface area contributed by atoms with Crippen molar-refractivity contribution >= 4 is 5.57 Å². The van der Waals surface area contributed by atoms with Crippen LogP contribution in [0, 0.1) is 0 Å². The normalized spacial score (nSPS) is 9.79. The number of hydrogen-bond donors (Lipinski definition) is 0. The lowest BCUT2D eigenvalue weighted by atomic mass is 10.0. The van der Waals surface area contributed by atoms with E-state index in [2.05, 4.69) is 44.3 Å². The van der Waals surface area contributed by atoms with Crippen molar-refractivity contribution in [1.29, 1.82) is 0 Å². The van der Waals surface area contributed by atoms with Crippen molar-refractivity contribution in [3.8, 4) is 0 Å². The van der Waals surface area contributed by atoms with Gasteiger partial charge in [0, 0.05) is 0 Å². The quantitative estimate of drug-likeness (QED) is 0.604. The average molecular weight is 186 g/mol. The van der Waals surface area contributed by atoms with Crippen LogP contribution in [0.2, 0.25) is 0 Å². The van der Waals surface area contributed by atoms with Gasteiger partial charge in [0.05, 0.1) is 0 Å². The van der Waals surface area contributed by atoms with E-state index in [-0.39, 0.29) is 0 Å². The van der Waals surface area contributed by atoms with E-state index >= 15 is 0 Å². The zero-order valence-electron chi connectivity index (χ0n) is 8.92. The van der Waals surface area contributed by atoms with Crippen LogP contribution in [-0.4, -0.2) is 0 Å². The molecule has 0 saturated carbocycles. The summed E-state index contributed by atoms with van der Waals surface area (Å²) in [7, 11) is 0. The minimum Gasteiger partial charge on any atom is -0.0985 e. The smallest absolute Gasteiger partial charge is 0.0187 e. The first-order valence-electron chi connectivity index (χ1n) is 5.18. The van der Waals surface area contributed by atoms with Crippen molar-refractivity contribution in [3.05, 3.63) is 54.6 Å². The number of unbranched alkanes of at least 4 members (excludes halogenated alkanes) is 1. The van der Waals surface area contributed by atoms with Crippen molar-refractivity contribution < 1.29 is 0 Å². The Bertz CT molecular complexity index is 321. The van der Waals surface area contributed by atoms with Crippen LogP contribution in [0.25, 0.3) is 5.57 Å². The first-order chi connectivity index (χ1) is 6.77. The molecular weight excluding hydrogens is 168 g/mol. The Morgan fingerprint density at radius 2 is 2.21 bits per heavy atom. The molecule has 0 aromatic heterocycles. The van der Waals surface area contributed by atoms with Gasteiger partial charge in [-0.05, 0) is 29.5 Å². The molecule has 1 rings (SSSR count). The van der Waals surface area contributed by atoms with E-state index in [9.17, 15) is 0 Å². The molecule has 14 heavy (non-hydrogen) atoms. The monoisotopic (exact) mass is 186 g/mol. The highest BCUT2D eigenvalue weighted by Gasteiger charge is 1.96. The molecule has 0 aliphatic heterocycles. The van der Waals surface area contributed by atoms with E-state index in [4.69, 9.17) is 0 Å². The lowest BCUT2D eigenvalue weighted by Crippen LogP contribution is -1.86. The lowest BCUT2D eigenvalue weighted by molar-refractivity contribution is 0.795. The fraction of sp³-hybridized carbons (Fsp3) is 0.286. The summed E-state index contributed by atoms with van der Waals surface area (Å²) in [4.78, 5) is 0. The molecule has 0 aliphatic rings. The van der Waals surface area contributed by atoms with Crippen LogP contribution in [-0.2, 0) is 6.42 Å². The van der Waals surface area contributed by atoms with Crippen LogP contribution >= 0.6 is 0 Å². The summed E-state index contributed by atoms with van der Waals surface area (Å²) in [6.45, 7) is 9.89. The predicted molar refractivity (Wildman–Crippen MR) is 64.3 cm³/mol. The maximum atomic E-state index is 3.95. The second-order valence-electron chi connectivity index (χ2n) is 3.53. The Morgan fingerprint density at radius 3 is 2.86 bits per heavy atom. The molecule has 0 unspecified atom stereocenters. The minimum atomic E-state index is 1.00. The van der Waals surface area contributed by atoms with Crippen molar-refractivity contribution in [1.82, 2.24) is 0 Å². The molecule has 0 fully saturated rings. The second-order valence-corrected chi connectivity index (χ2v) is 3.53. The third-order valence-corrected chi connectivity index (χ3v) is 2.36. The molecule has 0 saturated heterocycles. The van der Waals surface area contributed by atoms with Crippen molar-refractivity contribution in [3.63, 3.8) is 0 Å². The molecule has 0 N–H and O–H groups in total. The highest BCUT2D eigenvalue weighted by molar-refractivity contribution is 5.71. The summed E-state index contributed by atoms with van der Waals surface area (Å²) in [5, 5.41) is 0.